The van der Waals surface area contributed by atoms with Gasteiger partial charge >= 0.3 is 5.97 Å². The van der Waals surface area contributed by atoms with Crippen LogP contribution < -0.4 is 0 Å². The van der Waals surface area contributed by atoms with Gasteiger partial charge in [-0.15, -0.1) is 0 Å². The molecule has 8 heteroatoms. The maximum absolute atomic E-state index is 12.2. The molecule has 0 N–H and O–H groups in total. The van der Waals surface area contributed by atoms with Crippen LogP contribution in [-0.4, -0.2) is 70.0 Å². The Hall–Kier alpha value is -0.700. The second kappa shape index (κ2) is 7.18. The molecule has 0 aromatic heterocycles. The first-order valence-electron chi connectivity index (χ1n) is 6.24. The molecule has 1 aliphatic heterocycles. The summed E-state index contributed by atoms with van der Waals surface area (Å²) in [5.74, 6) is -0.425. The number of rotatable bonds is 7. The highest BCUT2D eigenvalue weighted by molar-refractivity contribution is 7.86. The summed E-state index contributed by atoms with van der Waals surface area (Å²) in [6, 6.07) is 0. The van der Waals surface area contributed by atoms with Gasteiger partial charge in [0, 0.05) is 33.8 Å². The fourth-order valence-corrected chi connectivity index (χ4v) is 3.00. The van der Waals surface area contributed by atoms with Crippen molar-refractivity contribution in [2.75, 3.05) is 40.9 Å². The highest BCUT2D eigenvalue weighted by Gasteiger charge is 2.29. The summed E-state index contributed by atoms with van der Waals surface area (Å²) >= 11 is 0. The van der Waals surface area contributed by atoms with Crippen LogP contribution >= 0.6 is 0 Å². The molecule has 1 saturated heterocycles. The van der Waals surface area contributed by atoms with E-state index in [0.29, 0.717) is 6.61 Å². The van der Waals surface area contributed by atoms with Crippen LogP contribution in [0.5, 0.6) is 0 Å². The summed E-state index contributed by atoms with van der Waals surface area (Å²) in [6.07, 6.45) is 1.73. The third kappa shape index (κ3) is 4.72. The molecule has 7 nitrogen and oxygen atoms in total. The minimum Gasteiger partial charge on any atom is -0.469 e. The first kappa shape index (κ1) is 16.4. The van der Waals surface area contributed by atoms with E-state index in [1.165, 1.54) is 25.5 Å². The Balaban J connectivity index is 2.69. The normalized spacial score (nSPS) is 20.2. The van der Waals surface area contributed by atoms with Crippen molar-refractivity contribution in [2.24, 2.45) is 0 Å². The van der Waals surface area contributed by atoms with Crippen LogP contribution in [0.3, 0.4) is 0 Å². The number of ether oxygens (including phenoxy) is 2. The van der Waals surface area contributed by atoms with Crippen LogP contribution in [0.25, 0.3) is 0 Å². The molecule has 0 aliphatic carbocycles. The van der Waals surface area contributed by atoms with Crippen molar-refractivity contribution in [3.05, 3.63) is 0 Å². The van der Waals surface area contributed by atoms with E-state index in [9.17, 15) is 13.2 Å². The van der Waals surface area contributed by atoms with Crippen LogP contribution in [0.15, 0.2) is 0 Å². The van der Waals surface area contributed by atoms with Gasteiger partial charge in [0.25, 0.3) is 10.2 Å². The largest absolute Gasteiger partial charge is 0.469 e. The molecule has 1 fully saturated rings. The maximum atomic E-state index is 12.2. The van der Waals surface area contributed by atoms with E-state index in [1.807, 2.05) is 0 Å². The van der Waals surface area contributed by atoms with Gasteiger partial charge in [-0.25, -0.2) is 0 Å². The van der Waals surface area contributed by atoms with Crippen molar-refractivity contribution in [3.8, 4) is 0 Å². The smallest absolute Gasteiger partial charge is 0.306 e. The van der Waals surface area contributed by atoms with Crippen LogP contribution in [0.4, 0.5) is 0 Å². The Labute approximate surface area is 114 Å². The molecular formula is C11H22N2O5S. The van der Waals surface area contributed by atoms with Crippen molar-refractivity contribution in [1.82, 2.24) is 8.61 Å². The Kier molecular flexibility index (Phi) is 6.18. The molecule has 112 valence electrons. The average molecular weight is 294 g/mol. The van der Waals surface area contributed by atoms with Crippen LogP contribution in [0.2, 0.25) is 0 Å². The van der Waals surface area contributed by atoms with Crippen molar-refractivity contribution < 1.29 is 22.7 Å². The molecule has 19 heavy (non-hydrogen) atoms. The first-order chi connectivity index (χ1) is 8.87. The second-order valence-corrected chi connectivity index (χ2v) is 6.75. The topological polar surface area (TPSA) is 76.1 Å². The number of esters is 1. The minimum atomic E-state index is -3.55. The van der Waals surface area contributed by atoms with Crippen molar-refractivity contribution in [3.63, 3.8) is 0 Å². The molecule has 0 aromatic rings. The molecule has 1 rings (SSSR count). The average Bonchev–Trinajstić information content (AvgIpc) is 2.86. The third-order valence-electron chi connectivity index (χ3n) is 3.01. The monoisotopic (exact) mass is 294 g/mol. The van der Waals surface area contributed by atoms with Gasteiger partial charge in [0.05, 0.1) is 19.6 Å². The Bertz CT molecular complexity index is 390. The van der Waals surface area contributed by atoms with Gasteiger partial charge in [0.2, 0.25) is 0 Å². The number of carbonyl (C=O) groups excluding carboxylic acids is 1. The SMILES string of the molecule is COC(=O)CCN(CC1CCCO1)S(=O)(=O)N(C)C. The summed E-state index contributed by atoms with van der Waals surface area (Å²) in [4.78, 5) is 11.2. The Morgan fingerprint density at radius 2 is 2.11 bits per heavy atom. The van der Waals surface area contributed by atoms with E-state index in [0.717, 1.165) is 17.1 Å². The molecular weight excluding hydrogens is 272 g/mol. The lowest BCUT2D eigenvalue weighted by Gasteiger charge is -2.27. The molecule has 1 aliphatic rings. The van der Waals surface area contributed by atoms with Gasteiger partial charge in [-0.05, 0) is 12.8 Å². The summed E-state index contributed by atoms with van der Waals surface area (Å²) in [6.45, 7) is 1.04. The van der Waals surface area contributed by atoms with Crippen LogP contribution in [0.1, 0.15) is 19.3 Å². The highest BCUT2D eigenvalue weighted by atomic mass is 32.2. The molecule has 1 atom stereocenters. The molecule has 1 unspecified atom stereocenters. The lowest BCUT2D eigenvalue weighted by atomic mass is 10.2. The summed E-state index contributed by atoms with van der Waals surface area (Å²) < 4.78 is 36.7. The van der Waals surface area contributed by atoms with E-state index < -0.39 is 16.2 Å². The fourth-order valence-electron chi connectivity index (χ4n) is 1.87. The van der Waals surface area contributed by atoms with Crippen LogP contribution in [-0.2, 0) is 24.5 Å². The Morgan fingerprint density at radius 3 is 2.58 bits per heavy atom. The van der Waals surface area contributed by atoms with Crippen molar-refractivity contribution >= 4 is 16.2 Å². The summed E-state index contributed by atoms with van der Waals surface area (Å²) in [7, 11) is 0.670. The predicted molar refractivity (Wildman–Crippen MR) is 69.8 cm³/mol. The van der Waals surface area contributed by atoms with E-state index >= 15 is 0 Å². The van der Waals surface area contributed by atoms with Crippen LogP contribution in [0, 0.1) is 0 Å². The number of hydrogen-bond acceptors (Lipinski definition) is 5. The van der Waals surface area contributed by atoms with Gasteiger partial charge in [0.1, 0.15) is 0 Å². The molecule has 0 aromatic carbocycles. The lowest BCUT2D eigenvalue weighted by Crippen LogP contribution is -2.44. The van der Waals surface area contributed by atoms with Gasteiger partial charge in [-0.2, -0.15) is 17.0 Å². The lowest BCUT2D eigenvalue weighted by molar-refractivity contribution is -0.140. The second-order valence-electron chi connectivity index (χ2n) is 4.61. The Morgan fingerprint density at radius 1 is 1.42 bits per heavy atom. The van der Waals surface area contributed by atoms with E-state index in [2.05, 4.69) is 4.74 Å². The van der Waals surface area contributed by atoms with E-state index in [1.54, 1.807) is 0 Å². The first-order valence-corrected chi connectivity index (χ1v) is 7.63. The third-order valence-corrected chi connectivity index (χ3v) is 4.92. The number of carbonyl (C=O) groups is 1. The standard InChI is InChI=1S/C11H22N2O5S/c1-12(2)19(15,16)13(7-6-11(14)17-3)9-10-5-4-8-18-10/h10H,4-9H2,1-3H3. The molecule has 0 bridgehead atoms. The number of nitrogens with zero attached hydrogens (tertiary/aromatic N) is 2. The zero-order chi connectivity index (χ0) is 14.5. The molecule has 0 amide bonds. The summed E-state index contributed by atoms with van der Waals surface area (Å²) in [5, 5.41) is 0. The zero-order valence-electron chi connectivity index (χ0n) is 11.7. The number of hydrogen-bond donors (Lipinski definition) is 0. The van der Waals surface area contributed by atoms with Gasteiger partial charge in [0.15, 0.2) is 0 Å². The number of methoxy groups -OCH3 is 1. The quantitative estimate of drug-likeness (QED) is 0.610. The van der Waals surface area contributed by atoms with Crippen molar-refractivity contribution in [2.45, 2.75) is 25.4 Å². The molecule has 0 spiro atoms. The van der Waals surface area contributed by atoms with Gasteiger partial charge < -0.3 is 9.47 Å². The van der Waals surface area contributed by atoms with E-state index in [4.69, 9.17) is 4.74 Å². The molecule has 0 saturated carbocycles. The van der Waals surface area contributed by atoms with Gasteiger partial charge in [-0.3, -0.25) is 4.79 Å². The summed E-state index contributed by atoms with van der Waals surface area (Å²) in [5.41, 5.74) is 0. The van der Waals surface area contributed by atoms with E-state index in [-0.39, 0.29) is 25.6 Å². The van der Waals surface area contributed by atoms with Crippen molar-refractivity contribution in [1.29, 1.82) is 0 Å². The maximum Gasteiger partial charge on any atom is 0.306 e. The van der Waals surface area contributed by atoms with Gasteiger partial charge in [-0.1, -0.05) is 0 Å². The molecule has 0 radical (unpaired) electrons. The molecule has 1 heterocycles. The fraction of sp³-hybridized carbons (Fsp3) is 0.909. The minimum absolute atomic E-state index is 0.0380. The zero-order valence-corrected chi connectivity index (χ0v) is 12.5. The predicted octanol–water partition coefficient (Wildman–Crippen LogP) is -0.163. The highest BCUT2D eigenvalue weighted by Crippen LogP contribution is 2.16.